The molecule has 140 valence electrons. The highest BCUT2D eigenvalue weighted by molar-refractivity contribution is 7.08. The zero-order chi connectivity index (χ0) is 19.3. The van der Waals surface area contributed by atoms with Crippen molar-refractivity contribution in [3.05, 3.63) is 88.1 Å². The number of carbonyl (C=O) groups excluding carboxylic acids is 2. The van der Waals surface area contributed by atoms with Crippen molar-refractivity contribution in [1.29, 1.82) is 0 Å². The summed E-state index contributed by atoms with van der Waals surface area (Å²) in [7, 11) is 0. The van der Waals surface area contributed by atoms with Gasteiger partial charge in [-0.25, -0.2) is 0 Å². The Morgan fingerprint density at radius 3 is 2.75 bits per heavy atom. The quantitative estimate of drug-likeness (QED) is 0.633. The molecule has 0 fully saturated rings. The third-order valence-electron chi connectivity index (χ3n) is 4.70. The molecule has 1 aliphatic heterocycles. The lowest BCUT2D eigenvalue weighted by Crippen LogP contribution is -2.34. The highest BCUT2D eigenvalue weighted by atomic mass is 32.1. The van der Waals surface area contributed by atoms with E-state index in [0.717, 1.165) is 28.1 Å². The topological polar surface area (TPSA) is 49.4 Å². The molecule has 0 spiro atoms. The van der Waals surface area contributed by atoms with Gasteiger partial charge in [0.1, 0.15) is 0 Å². The maximum atomic E-state index is 12.5. The van der Waals surface area contributed by atoms with Gasteiger partial charge < -0.3 is 10.2 Å². The minimum Gasteiger partial charge on any atom is -0.323 e. The van der Waals surface area contributed by atoms with Crippen LogP contribution in [0.3, 0.4) is 0 Å². The largest absolute Gasteiger partial charge is 0.323 e. The fourth-order valence-electron chi connectivity index (χ4n) is 3.30. The van der Waals surface area contributed by atoms with E-state index < -0.39 is 0 Å². The summed E-state index contributed by atoms with van der Waals surface area (Å²) in [6, 6.07) is 17.7. The molecular weight excluding hydrogens is 368 g/mol. The number of anilines is 2. The molecule has 5 heteroatoms. The summed E-state index contributed by atoms with van der Waals surface area (Å²) in [5.74, 6) is -0.0361. The zero-order valence-electron chi connectivity index (χ0n) is 15.3. The van der Waals surface area contributed by atoms with Crippen molar-refractivity contribution in [2.45, 2.75) is 19.4 Å². The van der Waals surface area contributed by atoms with Crippen LogP contribution in [0.15, 0.2) is 71.4 Å². The number of nitrogens with one attached hydrogen (secondary N) is 1. The van der Waals surface area contributed by atoms with Crippen LogP contribution in [0, 0.1) is 0 Å². The number of rotatable bonds is 5. The molecule has 0 aliphatic carbocycles. The number of nitrogens with zero attached hydrogens (tertiary/aromatic N) is 1. The van der Waals surface area contributed by atoms with Crippen LogP contribution in [0.1, 0.15) is 23.1 Å². The highest BCUT2D eigenvalue weighted by Crippen LogP contribution is 2.31. The van der Waals surface area contributed by atoms with Gasteiger partial charge in [0.2, 0.25) is 11.8 Å². The second-order valence-corrected chi connectivity index (χ2v) is 7.47. The van der Waals surface area contributed by atoms with Crippen molar-refractivity contribution in [3.63, 3.8) is 0 Å². The van der Waals surface area contributed by atoms with E-state index in [1.54, 1.807) is 17.4 Å². The molecule has 0 saturated heterocycles. The average molecular weight is 388 g/mol. The molecular formula is C23H20N2O2S. The Kier molecular flexibility index (Phi) is 5.35. The van der Waals surface area contributed by atoms with E-state index in [1.807, 2.05) is 70.3 Å². The van der Waals surface area contributed by atoms with Crippen molar-refractivity contribution >= 4 is 40.6 Å². The van der Waals surface area contributed by atoms with Crippen molar-refractivity contribution in [3.8, 4) is 0 Å². The van der Waals surface area contributed by atoms with Gasteiger partial charge in [0.05, 0.1) is 6.54 Å². The molecule has 4 nitrogen and oxygen atoms in total. The van der Waals surface area contributed by atoms with E-state index in [0.29, 0.717) is 19.4 Å². The van der Waals surface area contributed by atoms with Crippen molar-refractivity contribution in [1.82, 2.24) is 0 Å². The Morgan fingerprint density at radius 2 is 1.96 bits per heavy atom. The first-order valence-electron chi connectivity index (χ1n) is 9.17. The van der Waals surface area contributed by atoms with E-state index in [9.17, 15) is 9.59 Å². The lowest BCUT2D eigenvalue weighted by molar-refractivity contribution is -0.119. The number of thiophene rings is 1. The van der Waals surface area contributed by atoms with Crippen molar-refractivity contribution in [2.24, 2.45) is 0 Å². The first-order valence-corrected chi connectivity index (χ1v) is 10.1. The van der Waals surface area contributed by atoms with Gasteiger partial charge in [-0.15, -0.1) is 0 Å². The number of fused-ring (bicyclic) bond motifs is 1. The smallest absolute Gasteiger partial charge is 0.248 e. The lowest BCUT2D eigenvalue weighted by Gasteiger charge is -2.30. The number of benzene rings is 2. The van der Waals surface area contributed by atoms with Gasteiger partial charge in [0, 0.05) is 23.9 Å². The maximum Gasteiger partial charge on any atom is 0.248 e. The Labute approximate surface area is 168 Å². The molecule has 0 unspecified atom stereocenters. The summed E-state index contributed by atoms with van der Waals surface area (Å²) in [6.45, 7) is 0.557. The van der Waals surface area contributed by atoms with E-state index in [2.05, 4.69) is 5.32 Å². The average Bonchev–Trinajstić information content (AvgIpc) is 3.23. The van der Waals surface area contributed by atoms with E-state index >= 15 is 0 Å². The predicted octanol–water partition coefficient (Wildman–Crippen LogP) is 4.88. The minimum absolute atomic E-state index is 0.131. The van der Waals surface area contributed by atoms with Gasteiger partial charge in [-0.1, -0.05) is 30.3 Å². The molecule has 3 aromatic rings. The lowest BCUT2D eigenvalue weighted by atomic mass is 9.99. The third-order valence-corrected chi connectivity index (χ3v) is 5.40. The highest BCUT2D eigenvalue weighted by Gasteiger charge is 2.24. The molecule has 2 amide bonds. The normalized spacial score (nSPS) is 13.6. The Morgan fingerprint density at radius 1 is 1.11 bits per heavy atom. The summed E-state index contributed by atoms with van der Waals surface area (Å²) in [6.07, 6.45) is 4.50. The van der Waals surface area contributed by atoms with Crippen LogP contribution in [0.4, 0.5) is 11.4 Å². The molecule has 0 radical (unpaired) electrons. The minimum atomic E-state index is -0.167. The van der Waals surface area contributed by atoms with Gasteiger partial charge in [-0.05, 0) is 64.2 Å². The summed E-state index contributed by atoms with van der Waals surface area (Å²) in [5, 5.41) is 6.87. The van der Waals surface area contributed by atoms with Crippen LogP contribution in [0.25, 0.3) is 6.08 Å². The van der Waals surface area contributed by atoms with E-state index in [-0.39, 0.29) is 11.8 Å². The summed E-state index contributed by atoms with van der Waals surface area (Å²) < 4.78 is 0. The molecule has 2 aromatic carbocycles. The number of amides is 2. The SMILES string of the molecule is O=C(/C=C/c1ccsc1)Nc1ccc2c(c1)CCC(=O)N2Cc1ccccc1. The Balaban J connectivity index is 1.49. The summed E-state index contributed by atoms with van der Waals surface area (Å²) in [4.78, 5) is 26.5. The standard InChI is InChI=1S/C23H20N2O2S/c26-22(10-6-18-12-13-28-16-18)24-20-8-9-21-19(14-20)7-11-23(27)25(21)15-17-4-2-1-3-5-17/h1-6,8-10,12-14,16H,7,11,15H2,(H,24,26)/b10-6+. The monoisotopic (exact) mass is 388 g/mol. The van der Waals surface area contributed by atoms with Crippen LogP contribution >= 0.6 is 11.3 Å². The molecule has 1 aliphatic rings. The zero-order valence-corrected chi connectivity index (χ0v) is 16.1. The van der Waals surface area contributed by atoms with Crippen molar-refractivity contribution < 1.29 is 9.59 Å². The Bertz CT molecular complexity index is 1010. The number of aryl methyl sites for hydroxylation is 1. The molecule has 28 heavy (non-hydrogen) atoms. The van der Waals surface area contributed by atoms with Gasteiger partial charge in [-0.3, -0.25) is 9.59 Å². The first kappa shape index (κ1) is 18.2. The molecule has 2 heterocycles. The van der Waals surface area contributed by atoms with Crippen LogP contribution in [0.5, 0.6) is 0 Å². The van der Waals surface area contributed by atoms with Gasteiger partial charge >= 0.3 is 0 Å². The van der Waals surface area contributed by atoms with E-state index in [4.69, 9.17) is 0 Å². The number of carbonyl (C=O) groups is 2. The molecule has 4 rings (SSSR count). The van der Waals surface area contributed by atoms with Crippen LogP contribution < -0.4 is 10.2 Å². The second kappa shape index (κ2) is 8.23. The fourth-order valence-corrected chi connectivity index (χ4v) is 3.93. The predicted molar refractivity (Wildman–Crippen MR) is 114 cm³/mol. The molecule has 0 atom stereocenters. The number of hydrogen-bond donors (Lipinski definition) is 1. The summed E-state index contributed by atoms with van der Waals surface area (Å²) >= 11 is 1.60. The number of hydrogen-bond acceptors (Lipinski definition) is 3. The van der Waals surface area contributed by atoms with Crippen LogP contribution in [-0.2, 0) is 22.6 Å². The van der Waals surface area contributed by atoms with Crippen LogP contribution in [0.2, 0.25) is 0 Å². The van der Waals surface area contributed by atoms with E-state index in [1.165, 1.54) is 6.08 Å². The third kappa shape index (κ3) is 4.21. The molecule has 1 aromatic heterocycles. The summed E-state index contributed by atoms with van der Waals surface area (Å²) in [5.41, 5.74) is 4.86. The van der Waals surface area contributed by atoms with Crippen LogP contribution in [-0.4, -0.2) is 11.8 Å². The molecule has 0 saturated carbocycles. The van der Waals surface area contributed by atoms with Crippen molar-refractivity contribution in [2.75, 3.05) is 10.2 Å². The van der Waals surface area contributed by atoms with Gasteiger partial charge in [0.15, 0.2) is 0 Å². The van der Waals surface area contributed by atoms with Gasteiger partial charge in [0.25, 0.3) is 0 Å². The molecule has 1 N–H and O–H groups in total. The maximum absolute atomic E-state index is 12.5. The van der Waals surface area contributed by atoms with Gasteiger partial charge in [-0.2, -0.15) is 11.3 Å². The second-order valence-electron chi connectivity index (χ2n) is 6.69. The molecule has 0 bridgehead atoms. The first-order chi connectivity index (χ1) is 13.7. The fraction of sp³-hybridized carbons (Fsp3) is 0.130. The Hall–Kier alpha value is -3.18.